The van der Waals surface area contributed by atoms with Crippen LogP contribution in [0.25, 0.3) is 16.8 Å². The van der Waals surface area contributed by atoms with E-state index in [2.05, 4.69) is 25.9 Å². The van der Waals surface area contributed by atoms with Crippen molar-refractivity contribution in [2.45, 2.75) is 6.42 Å². The second kappa shape index (κ2) is 4.39. The van der Waals surface area contributed by atoms with E-state index < -0.39 is 5.97 Å². The second-order valence-electron chi connectivity index (χ2n) is 4.72. The van der Waals surface area contributed by atoms with Gasteiger partial charge in [-0.3, -0.25) is 9.20 Å². The summed E-state index contributed by atoms with van der Waals surface area (Å²) in [6.07, 6.45) is -0.101. The lowest BCUT2D eigenvalue weighted by Gasteiger charge is -2.17. The maximum atomic E-state index is 10.9. The van der Waals surface area contributed by atoms with Crippen LogP contribution in [0.2, 0.25) is 0 Å². The number of imidazole rings is 2. The molecule has 2 N–H and O–H groups in total. The smallest absolute Gasteiger partial charge is 0.309 e. The molecule has 7 nitrogen and oxygen atoms in total. The van der Waals surface area contributed by atoms with E-state index in [0.29, 0.717) is 40.8 Å². The number of H-pyrrole nitrogens is 1. The van der Waals surface area contributed by atoms with Gasteiger partial charge in [-0.1, -0.05) is 0 Å². The molecular formula is C13H10BrN3O4. The van der Waals surface area contributed by atoms with Gasteiger partial charge in [0.1, 0.15) is 17.8 Å². The lowest BCUT2D eigenvalue weighted by Crippen LogP contribution is -2.15. The predicted molar refractivity (Wildman–Crippen MR) is 77.1 cm³/mol. The van der Waals surface area contributed by atoms with Crippen LogP contribution in [0.4, 0.5) is 0 Å². The minimum atomic E-state index is -0.904. The molecule has 0 saturated heterocycles. The number of fused-ring (bicyclic) bond motifs is 4. The van der Waals surface area contributed by atoms with Gasteiger partial charge in [0.25, 0.3) is 0 Å². The molecule has 8 heteroatoms. The van der Waals surface area contributed by atoms with Crippen LogP contribution in [-0.4, -0.2) is 38.7 Å². The highest BCUT2D eigenvalue weighted by Crippen LogP contribution is 2.36. The number of rotatable bonds is 2. The molecule has 0 fully saturated rings. The van der Waals surface area contributed by atoms with Crippen LogP contribution in [-0.2, 0) is 11.2 Å². The standard InChI is InChI=1S/C13H10BrN3O4/c14-12-7(4-11(18)19)16-13-15-6-3-9-10(21-2-1-20-9)5-8(6)17(12)13/h3,5H,1-2,4H2,(H,15,16)(H,18,19). The SMILES string of the molecule is O=C(O)Cc1[nH]c2nc3cc4c(cc3n2c1Br)OCCO4. The first kappa shape index (κ1) is 12.5. The summed E-state index contributed by atoms with van der Waals surface area (Å²) in [6, 6.07) is 3.68. The summed E-state index contributed by atoms with van der Waals surface area (Å²) >= 11 is 3.43. The highest BCUT2D eigenvalue weighted by atomic mass is 79.9. The van der Waals surface area contributed by atoms with Crippen molar-refractivity contribution in [2.24, 2.45) is 0 Å². The number of hydrogen-bond donors (Lipinski definition) is 2. The van der Waals surface area contributed by atoms with E-state index in [-0.39, 0.29) is 6.42 Å². The fourth-order valence-electron chi connectivity index (χ4n) is 2.49. The van der Waals surface area contributed by atoms with E-state index >= 15 is 0 Å². The van der Waals surface area contributed by atoms with Gasteiger partial charge >= 0.3 is 5.97 Å². The Morgan fingerprint density at radius 1 is 1.38 bits per heavy atom. The Kier molecular flexibility index (Phi) is 2.61. The van der Waals surface area contributed by atoms with Crippen molar-refractivity contribution in [3.63, 3.8) is 0 Å². The molecule has 0 radical (unpaired) electrons. The number of carboxylic acids is 1. The zero-order valence-corrected chi connectivity index (χ0v) is 12.3. The molecule has 108 valence electrons. The third-order valence-corrected chi connectivity index (χ3v) is 4.19. The van der Waals surface area contributed by atoms with Crippen LogP contribution in [0.5, 0.6) is 11.5 Å². The second-order valence-corrected chi connectivity index (χ2v) is 5.47. The Balaban J connectivity index is 1.96. The van der Waals surface area contributed by atoms with Gasteiger partial charge in [0, 0.05) is 12.1 Å². The third kappa shape index (κ3) is 1.86. The summed E-state index contributed by atoms with van der Waals surface area (Å²) in [7, 11) is 0. The number of ether oxygens (including phenoxy) is 2. The van der Waals surface area contributed by atoms with Crippen LogP contribution in [0.1, 0.15) is 5.69 Å². The van der Waals surface area contributed by atoms with Gasteiger partial charge in [-0.05, 0) is 15.9 Å². The molecule has 3 heterocycles. The van der Waals surface area contributed by atoms with Crippen molar-refractivity contribution in [3.8, 4) is 11.5 Å². The predicted octanol–water partition coefficient (Wildman–Crippen LogP) is 1.98. The molecule has 0 saturated carbocycles. The number of benzene rings is 1. The van der Waals surface area contributed by atoms with Crippen molar-refractivity contribution < 1.29 is 19.4 Å². The first-order chi connectivity index (χ1) is 10.1. The van der Waals surface area contributed by atoms with Gasteiger partial charge in [0.15, 0.2) is 11.5 Å². The molecule has 1 aromatic carbocycles. The number of halogens is 1. The molecule has 1 aliphatic heterocycles. The number of aromatic nitrogens is 3. The average molecular weight is 352 g/mol. The zero-order valence-electron chi connectivity index (χ0n) is 10.7. The number of aliphatic carboxylic acids is 1. The maximum Gasteiger partial charge on any atom is 0.309 e. The van der Waals surface area contributed by atoms with Crippen molar-refractivity contribution in [2.75, 3.05) is 13.2 Å². The molecule has 0 unspecified atom stereocenters. The van der Waals surface area contributed by atoms with E-state index in [1.165, 1.54) is 0 Å². The van der Waals surface area contributed by atoms with Crippen LogP contribution < -0.4 is 9.47 Å². The fraction of sp³-hybridized carbons (Fsp3) is 0.231. The minimum Gasteiger partial charge on any atom is -0.486 e. The van der Waals surface area contributed by atoms with Gasteiger partial charge in [-0.15, -0.1) is 0 Å². The van der Waals surface area contributed by atoms with Crippen molar-refractivity contribution >= 4 is 38.7 Å². The molecule has 0 bridgehead atoms. The Morgan fingerprint density at radius 2 is 2.10 bits per heavy atom. The van der Waals surface area contributed by atoms with Gasteiger partial charge in [-0.2, -0.15) is 0 Å². The summed E-state index contributed by atoms with van der Waals surface area (Å²) in [5, 5.41) is 8.92. The van der Waals surface area contributed by atoms with Crippen LogP contribution in [0.15, 0.2) is 16.7 Å². The van der Waals surface area contributed by atoms with Gasteiger partial charge in [0.2, 0.25) is 5.78 Å². The van der Waals surface area contributed by atoms with E-state index in [0.717, 1.165) is 11.0 Å². The number of carboxylic acid groups (broad SMARTS) is 1. The topological polar surface area (TPSA) is 88.8 Å². The molecule has 1 aliphatic rings. The highest BCUT2D eigenvalue weighted by molar-refractivity contribution is 9.10. The van der Waals surface area contributed by atoms with Gasteiger partial charge in [0.05, 0.1) is 23.1 Å². The Labute approximate surface area is 126 Å². The molecule has 3 aromatic rings. The highest BCUT2D eigenvalue weighted by Gasteiger charge is 2.20. The summed E-state index contributed by atoms with van der Waals surface area (Å²) in [4.78, 5) is 18.3. The summed E-state index contributed by atoms with van der Waals surface area (Å²) in [5.41, 5.74) is 2.16. The fourth-order valence-corrected chi connectivity index (χ4v) is 3.08. The van der Waals surface area contributed by atoms with Crippen LogP contribution in [0.3, 0.4) is 0 Å². The van der Waals surface area contributed by atoms with E-state index in [1.807, 2.05) is 16.5 Å². The molecular weight excluding hydrogens is 342 g/mol. The quantitative estimate of drug-likeness (QED) is 0.736. The zero-order chi connectivity index (χ0) is 14.6. The normalized spacial score (nSPS) is 14.0. The average Bonchev–Trinajstić information content (AvgIpc) is 2.93. The number of carbonyl (C=O) groups is 1. The van der Waals surface area contributed by atoms with Crippen LogP contribution >= 0.6 is 15.9 Å². The van der Waals surface area contributed by atoms with E-state index in [1.54, 1.807) is 0 Å². The van der Waals surface area contributed by atoms with Gasteiger partial charge in [-0.25, -0.2) is 4.98 Å². The molecule has 21 heavy (non-hydrogen) atoms. The number of nitrogens with zero attached hydrogens (tertiary/aromatic N) is 2. The van der Waals surface area contributed by atoms with Crippen molar-refractivity contribution in [1.82, 2.24) is 14.4 Å². The summed E-state index contributed by atoms with van der Waals surface area (Å²) < 4.78 is 13.6. The number of hydrogen-bond acceptors (Lipinski definition) is 4. The lowest BCUT2D eigenvalue weighted by molar-refractivity contribution is -0.136. The number of aromatic amines is 1. The largest absolute Gasteiger partial charge is 0.486 e. The maximum absolute atomic E-state index is 10.9. The Morgan fingerprint density at radius 3 is 2.81 bits per heavy atom. The van der Waals surface area contributed by atoms with Crippen LogP contribution in [0, 0.1) is 0 Å². The first-order valence-electron chi connectivity index (χ1n) is 6.33. The first-order valence-corrected chi connectivity index (χ1v) is 7.13. The monoisotopic (exact) mass is 351 g/mol. The molecule has 0 amide bonds. The van der Waals surface area contributed by atoms with Gasteiger partial charge < -0.3 is 19.6 Å². The molecule has 4 rings (SSSR count). The summed E-state index contributed by atoms with van der Waals surface area (Å²) in [5.74, 6) is 1.02. The lowest BCUT2D eigenvalue weighted by atomic mass is 10.2. The van der Waals surface area contributed by atoms with E-state index in [9.17, 15) is 4.79 Å². The van der Waals surface area contributed by atoms with Crippen molar-refractivity contribution in [3.05, 3.63) is 22.4 Å². The molecule has 0 atom stereocenters. The molecule has 0 spiro atoms. The molecule has 0 aliphatic carbocycles. The Bertz CT molecular complexity index is 883. The van der Waals surface area contributed by atoms with E-state index in [4.69, 9.17) is 14.6 Å². The summed E-state index contributed by atoms with van der Waals surface area (Å²) in [6.45, 7) is 1.04. The molecule has 2 aromatic heterocycles. The third-order valence-electron chi connectivity index (χ3n) is 3.35. The minimum absolute atomic E-state index is 0.101. The number of nitrogens with one attached hydrogen (secondary N) is 1. The van der Waals surface area contributed by atoms with Crippen molar-refractivity contribution in [1.29, 1.82) is 0 Å². The Hall–Kier alpha value is -2.22.